The van der Waals surface area contributed by atoms with Gasteiger partial charge in [-0.15, -0.1) is 0 Å². The molecule has 0 radical (unpaired) electrons. The highest BCUT2D eigenvalue weighted by atomic mass is 19.4. The highest BCUT2D eigenvalue weighted by Gasteiger charge is 2.38. The van der Waals surface area contributed by atoms with Gasteiger partial charge in [0, 0.05) is 10.9 Å². The van der Waals surface area contributed by atoms with Crippen LogP contribution in [-0.4, -0.2) is 23.2 Å². The molecule has 5 nitrogen and oxygen atoms in total. The Hall–Kier alpha value is -2.51. The first kappa shape index (κ1) is 14.9. The second-order valence-electron chi connectivity index (χ2n) is 4.35. The number of carbonyl (C=O) groups excluding carboxylic acids is 1. The van der Waals surface area contributed by atoms with Crippen molar-refractivity contribution in [3.8, 4) is 0 Å². The molecule has 0 aliphatic carbocycles. The monoisotopic (exact) mass is 301 g/mol. The maximum Gasteiger partial charge on any atom is 0.471 e. The minimum Gasteiger partial charge on any atom is -0.478 e. The summed E-state index contributed by atoms with van der Waals surface area (Å²) in [5.41, 5.74) is 0.863. The Bertz CT molecular complexity index is 718. The second-order valence-corrected chi connectivity index (χ2v) is 4.35. The third kappa shape index (κ3) is 2.99. The smallest absolute Gasteiger partial charge is 0.471 e. The number of carboxylic acids is 1. The molecule has 2 rings (SSSR count). The van der Waals surface area contributed by atoms with Gasteiger partial charge in [-0.1, -0.05) is 0 Å². The molecule has 1 aromatic heterocycles. The summed E-state index contributed by atoms with van der Waals surface area (Å²) in [5.74, 6) is -3.04. The van der Waals surface area contributed by atoms with Gasteiger partial charge in [0.2, 0.25) is 0 Å². The second kappa shape index (κ2) is 5.12. The number of furan rings is 1. The quantitative estimate of drug-likeness (QED) is 0.913. The number of hydrogen-bond acceptors (Lipinski definition) is 3. The van der Waals surface area contributed by atoms with Crippen molar-refractivity contribution in [2.75, 3.05) is 0 Å². The van der Waals surface area contributed by atoms with Crippen LogP contribution >= 0.6 is 0 Å². The number of alkyl halides is 3. The van der Waals surface area contributed by atoms with Crippen LogP contribution in [0, 0.1) is 6.92 Å². The molecule has 8 heteroatoms. The van der Waals surface area contributed by atoms with Crippen LogP contribution < -0.4 is 5.32 Å². The summed E-state index contributed by atoms with van der Waals surface area (Å²) in [6.45, 7) is 1.15. The summed E-state index contributed by atoms with van der Waals surface area (Å²) in [7, 11) is 0. The van der Waals surface area contributed by atoms with Gasteiger partial charge in [0.15, 0.2) is 0 Å². The third-order valence-electron chi connectivity index (χ3n) is 2.95. The molecule has 112 valence electrons. The van der Waals surface area contributed by atoms with Gasteiger partial charge in [-0.25, -0.2) is 4.79 Å². The number of halogens is 3. The summed E-state index contributed by atoms with van der Waals surface area (Å²) in [6, 6.07) is 4.11. The minimum absolute atomic E-state index is 0.0391. The van der Waals surface area contributed by atoms with Crippen molar-refractivity contribution >= 4 is 22.8 Å². The summed E-state index contributed by atoms with van der Waals surface area (Å²) in [6.07, 6.45) is -4.96. The molecule has 0 saturated carbocycles. The molecule has 1 aromatic carbocycles. The van der Waals surface area contributed by atoms with Gasteiger partial charge in [-0.3, -0.25) is 4.79 Å². The highest BCUT2D eigenvalue weighted by molar-refractivity contribution is 5.94. The topological polar surface area (TPSA) is 79.5 Å². The molecule has 1 heterocycles. The van der Waals surface area contributed by atoms with E-state index in [1.807, 2.05) is 0 Å². The molecule has 0 atom stereocenters. The van der Waals surface area contributed by atoms with Crippen molar-refractivity contribution in [1.29, 1.82) is 0 Å². The SMILES string of the molecule is Cc1c(CNC(=O)C(F)(F)F)oc2ccc(C(=O)O)cc12. The van der Waals surface area contributed by atoms with Gasteiger partial charge in [-0.05, 0) is 25.1 Å². The van der Waals surface area contributed by atoms with Crippen molar-refractivity contribution < 1.29 is 32.3 Å². The molecule has 0 aliphatic heterocycles. The number of hydrogen-bond donors (Lipinski definition) is 2. The average Bonchev–Trinajstić information content (AvgIpc) is 2.71. The number of aryl methyl sites for hydroxylation is 1. The van der Waals surface area contributed by atoms with Gasteiger partial charge >= 0.3 is 18.1 Å². The van der Waals surface area contributed by atoms with E-state index in [9.17, 15) is 22.8 Å². The van der Waals surface area contributed by atoms with E-state index in [2.05, 4.69) is 0 Å². The van der Waals surface area contributed by atoms with E-state index in [1.165, 1.54) is 18.2 Å². The lowest BCUT2D eigenvalue weighted by Crippen LogP contribution is -2.36. The number of carbonyl (C=O) groups is 2. The van der Waals surface area contributed by atoms with Gasteiger partial charge < -0.3 is 14.8 Å². The van der Waals surface area contributed by atoms with Gasteiger partial charge in [0.05, 0.1) is 12.1 Å². The lowest BCUT2D eigenvalue weighted by atomic mass is 10.1. The zero-order valence-corrected chi connectivity index (χ0v) is 10.7. The molecule has 0 aliphatic rings. The Morgan fingerprint density at radius 2 is 2.00 bits per heavy atom. The summed E-state index contributed by atoms with van der Waals surface area (Å²) < 4.78 is 41.6. The van der Waals surface area contributed by atoms with Crippen molar-refractivity contribution in [2.24, 2.45) is 0 Å². The van der Waals surface area contributed by atoms with E-state index in [-0.39, 0.29) is 11.3 Å². The molecule has 2 N–H and O–H groups in total. The number of carboxylic acid groups (broad SMARTS) is 1. The summed E-state index contributed by atoms with van der Waals surface area (Å²) >= 11 is 0. The highest BCUT2D eigenvalue weighted by Crippen LogP contribution is 2.26. The van der Waals surface area contributed by atoms with E-state index in [0.717, 1.165) is 0 Å². The van der Waals surface area contributed by atoms with Crippen molar-refractivity contribution in [1.82, 2.24) is 5.32 Å². The van der Waals surface area contributed by atoms with E-state index in [1.54, 1.807) is 12.2 Å². The molecule has 0 spiro atoms. The fourth-order valence-corrected chi connectivity index (χ4v) is 1.83. The van der Waals surface area contributed by atoms with Crippen molar-refractivity contribution in [3.05, 3.63) is 35.1 Å². The average molecular weight is 301 g/mol. The van der Waals surface area contributed by atoms with E-state index in [0.29, 0.717) is 16.5 Å². The molecule has 0 unspecified atom stereocenters. The Labute approximate surface area is 116 Å². The first-order chi connectivity index (χ1) is 9.70. The summed E-state index contributed by atoms with van der Waals surface area (Å²) in [5, 5.41) is 11.1. The minimum atomic E-state index is -4.96. The fraction of sp³-hybridized carbons (Fsp3) is 0.231. The maximum atomic E-state index is 12.1. The molecule has 0 bridgehead atoms. The van der Waals surface area contributed by atoms with E-state index < -0.39 is 24.6 Å². The molecular formula is C13H10F3NO4. The molecule has 0 saturated heterocycles. The van der Waals surface area contributed by atoms with Crippen LogP contribution in [0.1, 0.15) is 21.7 Å². The predicted octanol–water partition coefficient (Wildman–Crippen LogP) is 2.62. The number of fused-ring (bicyclic) bond motifs is 1. The Morgan fingerprint density at radius 1 is 1.33 bits per heavy atom. The van der Waals surface area contributed by atoms with E-state index in [4.69, 9.17) is 9.52 Å². The van der Waals surface area contributed by atoms with Gasteiger partial charge in [-0.2, -0.15) is 13.2 Å². The van der Waals surface area contributed by atoms with Gasteiger partial charge in [0.1, 0.15) is 11.3 Å². The standard InChI is InChI=1S/C13H10F3NO4/c1-6-8-4-7(11(18)19)2-3-9(8)21-10(6)5-17-12(20)13(14,15)16/h2-4H,5H2,1H3,(H,17,20)(H,18,19). The third-order valence-corrected chi connectivity index (χ3v) is 2.95. The first-order valence-corrected chi connectivity index (χ1v) is 5.80. The predicted molar refractivity (Wildman–Crippen MR) is 65.8 cm³/mol. The molecule has 21 heavy (non-hydrogen) atoms. The number of amides is 1. The Morgan fingerprint density at radius 3 is 2.57 bits per heavy atom. The zero-order chi connectivity index (χ0) is 15.8. The first-order valence-electron chi connectivity index (χ1n) is 5.80. The lowest BCUT2D eigenvalue weighted by molar-refractivity contribution is -0.173. The number of rotatable bonds is 3. The number of nitrogens with one attached hydrogen (secondary N) is 1. The fourth-order valence-electron chi connectivity index (χ4n) is 1.83. The number of benzene rings is 1. The Kier molecular flexibility index (Phi) is 3.63. The van der Waals surface area contributed by atoms with Crippen LogP contribution in [-0.2, 0) is 11.3 Å². The molecule has 2 aromatic rings. The molecule has 1 amide bonds. The van der Waals surface area contributed by atoms with Crippen LogP contribution in [0.3, 0.4) is 0 Å². The lowest BCUT2D eigenvalue weighted by Gasteiger charge is -2.06. The largest absolute Gasteiger partial charge is 0.478 e. The number of aromatic carboxylic acids is 1. The van der Waals surface area contributed by atoms with Crippen LogP contribution in [0.4, 0.5) is 13.2 Å². The van der Waals surface area contributed by atoms with Crippen LogP contribution in [0.2, 0.25) is 0 Å². The molecular weight excluding hydrogens is 291 g/mol. The van der Waals surface area contributed by atoms with Crippen LogP contribution in [0.25, 0.3) is 11.0 Å². The van der Waals surface area contributed by atoms with E-state index >= 15 is 0 Å². The van der Waals surface area contributed by atoms with Crippen LogP contribution in [0.15, 0.2) is 22.6 Å². The molecule has 0 fully saturated rings. The van der Waals surface area contributed by atoms with Crippen molar-refractivity contribution in [3.63, 3.8) is 0 Å². The van der Waals surface area contributed by atoms with Gasteiger partial charge in [0.25, 0.3) is 0 Å². The maximum absolute atomic E-state index is 12.1. The summed E-state index contributed by atoms with van der Waals surface area (Å²) in [4.78, 5) is 21.6. The normalized spacial score (nSPS) is 11.6. The zero-order valence-electron chi connectivity index (χ0n) is 10.7. The van der Waals surface area contributed by atoms with Crippen molar-refractivity contribution in [2.45, 2.75) is 19.6 Å². The Balaban J connectivity index is 2.28. The van der Waals surface area contributed by atoms with Crippen LogP contribution in [0.5, 0.6) is 0 Å².